The highest BCUT2D eigenvalue weighted by Gasteiger charge is 2.12. The van der Waals surface area contributed by atoms with Gasteiger partial charge < -0.3 is 4.74 Å². The minimum Gasteiger partial charge on any atom is -0.496 e. The third-order valence-electron chi connectivity index (χ3n) is 3.51. The van der Waals surface area contributed by atoms with Crippen LogP contribution < -0.4 is 4.74 Å². The maximum atomic E-state index is 6.25. The number of benzene rings is 2. The Morgan fingerprint density at radius 2 is 2.04 bits per heavy atom. The number of para-hydroxylation sites is 1. The number of rotatable bonds is 5. The highest BCUT2D eigenvalue weighted by atomic mass is 35.5. The van der Waals surface area contributed by atoms with E-state index in [9.17, 15) is 0 Å². The summed E-state index contributed by atoms with van der Waals surface area (Å²) in [4.78, 5) is 0. The van der Waals surface area contributed by atoms with Gasteiger partial charge in [-0.05, 0) is 48.6 Å². The molecule has 1 aromatic heterocycles. The van der Waals surface area contributed by atoms with E-state index < -0.39 is 0 Å². The van der Waals surface area contributed by atoms with Crippen molar-refractivity contribution in [1.29, 1.82) is 0 Å². The maximum absolute atomic E-state index is 6.25. The molecule has 0 aliphatic heterocycles. The monoisotopic (exact) mass is 404 g/mol. The fourth-order valence-electron chi connectivity index (χ4n) is 2.30. The second kappa shape index (κ2) is 8.31. The third kappa shape index (κ3) is 4.04. The molecule has 0 saturated carbocycles. The lowest BCUT2D eigenvalue weighted by Crippen LogP contribution is -1.94. The molecule has 0 fully saturated rings. The summed E-state index contributed by atoms with van der Waals surface area (Å²) in [6.07, 6.45) is 5.30. The van der Waals surface area contributed by atoms with Crippen molar-refractivity contribution in [2.45, 2.75) is 0 Å². The first-order valence-corrected chi connectivity index (χ1v) is 8.73. The van der Waals surface area contributed by atoms with Gasteiger partial charge in [-0.2, -0.15) is 14.9 Å². The van der Waals surface area contributed by atoms with Gasteiger partial charge in [-0.25, -0.2) is 5.10 Å². The van der Waals surface area contributed by atoms with Crippen molar-refractivity contribution in [3.05, 3.63) is 68.9 Å². The van der Waals surface area contributed by atoms with Gasteiger partial charge in [0.05, 0.1) is 12.1 Å². The molecule has 0 aliphatic carbocycles. The average Bonchev–Trinajstić information content (AvgIpc) is 2.99. The first kappa shape index (κ1) is 18.4. The highest BCUT2D eigenvalue weighted by Crippen LogP contribution is 2.29. The van der Waals surface area contributed by atoms with Crippen molar-refractivity contribution in [1.82, 2.24) is 14.9 Å². The van der Waals surface area contributed by atoms with Gasteiger partial charge >= 0.3 is 0 Å². The number of aromatic amines is 1. The Morgan fingerprint density at radius 3 is 2.81 bits per heavy atom. The van der Waals surface area contributed by atoms with E-state index in [4.69, 9.17) is 40.2 Å². The van der Waals surface area contributed by atoms with Crippen molar-refractivity contribution in [3.63, 3.8) is 0 Å². The van der Waals surface area contributed by atoms with Crippen LogP contribution in [0, 0.1) is 4.77 Å². The molecule has 26 heavy (non-hydrogen) atoms. The van der Waals surface area contributed by atoms with E-state index in [1.165, 1.54) is 4.68 Å². The average molecular weight is 405 g/mol. The predicted octanol–water partition coefficient (Wildman–Crippen LogP) is 5.47. The van der Waals surface area contributed by atoms with Gasteiger partial charge in [-0.1, -0.05) is 41.4 Å². The van der Waals surface area contributed by atoms with Gasteiger partial charge in [0, 0.05) is 22.4 Å². The Morgan fingerprint density at radius 1 is 1.23 bits per heavy atom. The number of ether oxygens (including phenoxy) is 1. The van der Waals surface area contributed by atoms with Crippen LogP contribution in [0.1, 0.15) is 5.56 Å². The van der Waals surface area contributed by atoms with Gasteiger partial charge in [-0.3, -0.25) is 0 Å². The Bertz CT molecular complexity index is 1040. The lowest BCUT2D eigenvalue weighted by atomic mass is 10.2. The summed E-state index contributed by atoms with van der Waals surface area (Å²) in [5.74, 6) is 1.28. The number of allylic oxidation sites excluding steroid dienone is 1. The van der Waals surface area contributed by atoms with Crippen molar-refractivity contribution in [3.8, 4) is 17.1 Å². The second-order valence-corrected chi connectivity index (χ2v) is 6.38. The van der Waals surface area contributed by atoms with Crippen LogP contribution in [0.5, 0.6) is 5.75 Å². The normalized spacial score (nSPS) is 11.5. The molecule has 0 amide bonds. The number of methoxy groups -OCH3 is 1. The fraction of sp³-hybridized carbons (Fsp3) is 0.0556. The molecule has 0 saturated heterocycles. The first-order valence-electron chi connectivity index (χ1n) is 7.57. The lowest BCUT2D eigenvalue weighted by molar-refractivity contribution is 0.414. The van der Waals surface area contributed by atoms with Gasteiger partial charge in [-0.15, -0.1) is 0 Å². The SMILES string of the molecule is COc1ccccc1/C=C/C=N\n1c(-c2ccc(Cl)cc2Cl)n[nH]c1=S. The zero-order chi connectivity index (χ0) is 18.5. The minimum absolute atomic E-state index is 0.355. The molecular formula is C18H14Cl2N4OS. The molecule has 0 spiro atoms. The van der Waals surface area contributed by atoms with Crippen LogP contribution in [0.3, 0.4) is 0 Å². The standard InChI is InChI=1S/C18H14Cl2N4OS/c1-25-16-7-3-2-5-12(16)6-4-10-21-24-17(22-23-18(24)26)14-9-8-13(19)11-15(14)20/h2-11H,1H3,(H,23,26)/b6-4+,21-10-. The van der Waals surface area contributed by atoms with Crippen LogP contribution in [-0.2, 0) is 0 Å². The van der Waals surface area contributed by atoms with Gasteiger partial charge in [0.25, 0.3) is 0 Å². The molecule has 0 radical (unpaired) electrons. The summed E-state index contributed by atoms with van der Waals surface area (Å²) in [6, 6.07) is 12.8. The summed E-state index contributed by atoms with van der Waals surface area (Å²) in [5, 5.41) is 12.3. The van der Waals surface area contributed by atoms with E-state index in [0.717, 1.165) is 11.3 Å². The molecule has 1 heterocycles. The lowest BCUT2D eigenvalue weighted by Gasteiger charge is -2.04. The topological polar surface area (TPSA) is 55.2 Å². The molecule has 0 unspecified atom stereocenters. The molecule has 0 bridgehead atoms. The summed E-state index contributed by atoms with van der Waals surface area (Å²) in [7, 11) is 1.63. The number of aromatic nitrogens is 3. The number of nitrogens with one attached hydrogen (secondary N) is 1. The van der Waals surface area contributed by atoms with Crippen LogP contribution in [0.2, 0.25) is 10.0 Å². The van der Waals surface area contributed by atoms with E-state index in [1.54, 1.807) is 37.6 Å². The molecule has 0 atom stereocenters. The van der Waals surface area contributed by atoms with Crippen LogP contribution >= 0.6 is 35.4 Å². The molecule has 2 aromatic carbocycles. The van der Waals surface area contributed by atoms with E-state index >= 15 is 0 Å². The molecule has 132 valence electrons. The summed E-state index contributed by atoms with van der Waals surface area (Å²) in [6.45, 7) is 0. The summed E-state index contributed by atoms with van der Waals surface area (Å²) < 4.78 is 7.16. The van der Waals surface area contributed by atoms with Gasteiger partial charge in [0.1, 0.15) is 5.75 Å². The number of H-pyrrole nitrogens is 1. The Labute approximate surface area is 165 Å². The molecule has 5 nitrogen and oxygen atoms in total. The third-order valence-corrected chi connectivity index (χ3v) is 4.32. The number of hydrogen-bond donors (Lipinski definition) is 1. The molecule has 3 rings (SSSR count). The van der Waals surface area contributed by atoms with Crippen LogP contribution in [0.4, 0.5) is 0 Å². The summed E-state index contributed by atoms with van der Waals surface area (Å²) >= 11 is 17.4. The van der Waals surface area contributed by atoms with Crippen molar-refractivity contribution in [2.75, 3.05) is 7.11 Å². The Kier molecular flexibility index (Phi) is 5.88. The number of halogens is 2. The Balaban J connectivity index is 1.89. The molecule has 0 aliphatic rings. The largest absolute Gasteiger partial charge is 0.496 e. The molecular weight excluding hydrogens is 391 g/mol. The minimum atomic E-state index is 0.355. The molecule has 8 heteroatoms. The van der Waals surface area contributed by atoms with E-state index in [-0.39, 0.29) is 0 Å². The quantitative estimate of drug-likeness (QED) is 0.452. The van der Waals surface area contributed by atoms with Crippen molar-refractivity contribution >= 4 is 47.7 Å². The number of nitrogens with zero attached hydrogens (tertiary/aromatic N) is 3. The van der Waals surface area contributed by atoms with Crippen LogP contribution in [-0.4, -0.2) is 28.2 Å². The predicted molar refractivity (Wildman–Crippen MR) is 109 cm³/mol. The summed E-state index contributed by atoms with van der Waals surface area (Å²) in [5.41, 5.74) is 1.62. The van der Waals surface area contributed by atoms with E-state index in [1.807, 2.05) is 30.3 Å². The van der Waals surface area contributed by atoms with Gasteiger partial charge in [0.15, 0.2) is 5.82 Å². The van der Waals surface area contributed by atoms with E-state index in [2.05, 4.69) is 15.3 Å². The van der Waals surface area contributed by atoms with Gasteiger partial charge in [0.2, 0.25) is 4.77 Å². The van der Waals surface area contributed by atoms with Crippen molar-refractivity contribution in [2.24, 2.45) is 5.10 Å². The smallest absolute Gasteiger partial charge is 0.216 e. The molecule has 3 aromatic rings. The zero-order valence-corrected chi connectivity index (χ0v) is 16.0. The van der Waals surface area contributed by atoms with Crippen LogP contribution in [0.25, 0.3) is 17.5 Å². The highest BCUT2D eigenvalue weighted by molar-refractivity contribution is 7.71. The zero-order valence-electron chi connectivity index (χ0n) is 13.7. The fourth-order valence-corrected chi connectivity index (χ4v) is 2.97. The Hall–Kier alpha value is -2.41. The first-order chi connectivity index (χ1) is 12.6. The van der Waals surface area contributed by atoms with E-state index in [0.29, 0.717) is 26.2 Å². The van der Waals surface area contributed by atoms with Crippen LogP contribution in [0.15, 0.2) is 53.6 Å². The van der Waals surface area contributed by atoms with Crippen molar-refractivity contribution < 1.29 is 4.74 Å². The second-order valence-electron chi connectivity index (χ2n) is 5.15. The molecule has 1 N–H and O–H groups in total. The number of hydrogen-bond acceptors (Lipinski definition) is 4. The maximum Gasteiger partial charge on any atom is 0.216 e.